The molecule has 2 aromatic carbocycles. The molecule has 3 aromatic rings. The summed E-state index contributed by atoms with van der Waals surface area (Å²) in [5, 5.41) is 4.67. The Balaban J connectivity index is 1.78. The third-order valence-electron chi connectivity index (χ3n) is 3.36. The second kappa shape index (κ2) is 6.95. The fourth-order valence-electron chi connectivity index (χ4n) is 2.04. The molecule has 1 aromatic heterocycles. The lowest BCUT2D eigenvalue weighted by molar-refractivity contribution is -0.159. The standard InChI is InChI=1S/C16H7ClF5N3O2/c17-11-9(18)5-6-10(12(11)19)23-14(26)8-3-1-7(2-4-8)13-24-15(27-25-13)16(20,21)22/h1-6H,(H,23,26). The Hall–Kier alpha value is -3.01. The van der Waals surface area contributed by atoms with Crippen LogP contribution in [-0.4, -0.2) is 16.0 Å². The van der Waals surface area contributed by atoms with Crippen molar-refractivity contribution in [3.8, 4) is 11.4 Å². The molecule has 11 heteroatoms. The van der Waals surface area contributed by atoms with Crippen molar-refractivity contribution in [1.29, 1.82) is 0 Å². The first-order valence-electron chi connectivity index (χ1n) is 7.13. The van der Waals surface area contributed by atoms with Crippen LogP contribution in [0.5, 0.6) is 0 Å². The third-order valence-corrected chi connectivity index (χ3v) is 3.70. The topological polar surface area (TPSA) is 68.0 Å². The number of aromatic nitrogens is 2. The number of amides is 1. The minimum Gasteiger partial charge on any atom is -0.329 e. The molecule has 0 atom stereocenters. The highest BCUT2D eigenvalue weighted by atomic mass is 35.5. The van der Waals surface area contributed by atoms with Gasteiger partial charge in [-0.25, -0.2) is 8.78 Å². The SMILES string of the molecule is O=C(Nc1ccc(F)c(Cl)c1F)c1ccc(-c2noc(C(F)(F)F)n2)cc1. The summed E-state index contributed by atoms with van der Waals surface area (Å²) in [5.41, 5.74) is -0.108. The van der Waals surface area contributed by atoms with Crippen LogP contribution in [0.3, 0.4) is 0 Å². The van der Waals surface area contributed by atoms with E-state index in [1.165, 1.54) is 24.3 Å². The molecule has 0 bridgehead atoms. The van der Waals surface area contributed by atoms with Gasteiger partial charge in [0.25, 0.3) is 5.91 Å². The first-order chi connectivity index (χ1) is 12.7. The van der Waals surface area contributed by atoms with Crippen molar-refractivity contribution in [3.63, 3.8) is 0 Å². The van der Waals surface area contributed by atoms with Crippen LogP contribution < -0.4 is 5.32 Å². The average molecular weight is 404 g/mol. The molecule has 0 spiro atoms. The van der Waals surface area contributed by atoms with Gasteiger partial charge in [-0.2, -0.15) is 18.2 Å². The summed E-state index contributed by atoms with van der Waals surface area (Å²) in [4.78, 5) is 15.4. The summed E-state index contributed by atoms with van der Waals surface area (Å²) in [7, 11) is 0. The highest BCUT2D eigenvalue weighted by molar-refractivity contribution is 6.31. The van der Waals surface area contributed by atoms with E-state index >= 15 is 0 Å². The lowest BCUT2D eigenvalue weighted by Crippen LogP contribution is -2.13. The van der Waals surface area contributed by atoms with Gasteiger partial charge in [0.2, 0.25) is 5.82 Å². The lowest BCUT2D eigenvalue weighted by atomic mass is 10.1. The fraction of sp³-hybridized carbons (Fsp3) is 0.0625. The lowest BCUT2D eigenvalue weighted by Gasteiger charge is -2.08. The zero-order valence-electron chi connectivity index (χ0n) is 12.9. The van der Waals surface area contributed by atoms with Gasteiger partial charge in [0.15, 0.2) is 5.82 Å². The first kappa shape index (κ1) is 18.8. The molecule has 140 valence electrons. The monoisotopic (exact) mass is 403 g/mol. The van der Waals surface area contributed by atoms with E-state index in [1.807, 2.05) is 0 Å². The molecule has 0 aliphatic heterocycles. The van der Waals surface area contributed by atoms with Gasteiger partial charge in [-0.1, -0.05) is 28.9 Å². The van der Waals surface area contributed by atoms with Gasteiger partial charge in [-0.15, -0.1) is 0 Å². The van der Waals surface area contributed by atoms with E-state index in [0.29, 0.717) is 0 Å². The number of hydrogen-bond donors (Lipinski definition) is 1. The molecule has 27 heavy (non-hydrogen) atoms. The number of halogens is 6. The largest absolute Gasteiger partial charge is 0.471 e. The Morgan fingerprint density at radius 2 is 1.74 bits per heavy atom. The third kappa shape index (κ3) is 3.90. The van der Waals surface area contributed by atoms with Crippen LogP contribution in [0.25, 0.3) is 11.4 Å². The number of anilines is 1. The summed E-state index contributed by atoms with van der Waals surface area (Å²) >= 11 is 5.43. The van der Waals surface area contributed by atoms with E-state index in [-0.39, 0.29) is 22.6 Å². The van der Waals surface area contributed by atoms with E-state index in [4.69, 9.17) is 11.6 Å². The minimum atomic E-state index is -4.77. The van der Waals surface area contributed by atoms with Crippen LogP contribution in [-0.2, 0) is 6.18 Å². The van der Waals surface area contributed by atoms with Gasteiger partial charge in [0.1, 0.15) is 10.8 Å². The number of benzene rings is 2. The maximum atomic E-state index is 13.8. The van der Waals surface area contributed by atoms with E-state index in [0.717, 1.165) is 12.1 Å². The highest BCUT2D eigenvalue weighted by Crippen LogP contribution is 2.29. The van der Waals surface area contributed by atoms with Gasteiger partial charge < -0.3 is 9.84 Å². The Morgan fingerprint density at radius 3 is 2.33 bits per heavy atom. The molecule has 0 radical (unpaired) electrons. The van der Waals surface area contributed by atoms with Crippen LogP contribution in [0.2, 0.25) is 5.02 Å². The summed E-state index contributed by atoms with van der Waals surface area (Å²) < 4.78 is 68.5. The molecular weight excluding hydrogens is 397 g/mol. The van der Waals surface area contributed by atoms with Crippen LogP contribution in [0.15, 0.2) is 40.9 Å². The molecule has 1 amide bonds. The molecule has 0 aliphatic carbocycles. The molecular formula is C16H7ClF5N3O2. The quantitative estimate of drug-likeness (QED) is 0.497. The van der Waals surface area contributed by atoms with E-state index in [9.17, 15) is 26.7 Å². The molecule has 0 fully saturated rings. The second-order valence-electron chi connectivity index (χ2n) is 5.18. The van der Waals surface area contributed by atoms with Crippen LogP contribution in [0, 0.1) is 11.6 Å². The molecule has 0 saturated heterocycles. The van der Waals surface area contributed by atoms with Crippen LogP contribution in [0.4, 0.5) is 27.6 Å². The number of nitrogens with one attached hydrogen (secondary N) is 1. The zero-order chi connectivity index (χ0) is 19.8. The maximum absolute atomic E-state index is 13.8. The summed E-state index contributed by atoms with van der Waals surface area (Å²) in [6, 6.07) is 6.98. The number of carbonyl (C=O) groups is 1. The van der Waals surface area contributed by atoms with Crippen molar-refractivity contribution in [2.24, 2.45) is 0 Å². The van der Waals surface area contributed by atoms with Crippen molar-refractivity contribution in [2.45, 2.75) is 6.18 Å². The molecule has 3 rings (SSSR count). The second-order valence-corrected chi connectivity index (χ2v) is 5.55. The van der Waals surface area contributed by atoms with Crippen LogP contribution >= 0.6 is 11.6 Å². The Morgan fingerprint density at radius 1 is 1.07 bits per heavy atom. The van der Waals surface area contributed by atoms with Crippen molar-refractivity contribution >= 4 is 23.2 Å². The summed E-state index contributed by atoms with van der Waals surface area (Å²) in [6.07, 6.45) is -4.77. The zero-order valence-corrected chi connectivity index (χ0v) is 13.7. The van der Waals surface area contributed by atoms with Crippen molar-refractivity contribution in [1.82, 2.24) is 10.1 Å². The van der Waals surface area contributed by atoms with Gasteiger partial charge in [0.05, 0.1) is 5.69 Å². The maximum Gasteiger partial charge on any atom is 0.471 e. The summed E-state index contributed by atoms with van der Waals surface area (Å²) in [5.74, 6) is -4.66. The van der Waals surface area contributed by atoms with Gasteiger partial charge >= 0.3 is 12.1 Å². The number of alkyl halides is 3. The fourth-order valence-corrected chi connectivity index (χ4v) is 2.21. The predicted octanol–water partition coefficient (Wildman–Crippen LogP) is 4.94. The number of hydrogen-bond acceptors (Lipinski definition) is 4. The molecule has 5 nitrogen and oxygen atoms in total. The molecule has 0 saturated carbocycles. The smallest absolute Gasteiger partial charge is 0.329 e. The van der Waals surface area contributed by atoms with Crippen molar-refractivity contribution < 1.29 is 31.3 Å². The summed E-state index contributed by atoms with van der Waals surface area (Å²) in [6.45, 7) is 0. The van der Waals surface area contributed by atoms with E-state index in [2.05, 4.69) is 20.0 Å². The van der Waals surface area contributed by atoms with Gasteiger partial charge in [-0.05, 0) is 24.3 Å². The Kier molecular flexibility index (Phi) is 4.83. The van der Waals surface area contributed by atoms with Gasteiger partial charge in [0, 0.05) is 11.1 Å². The average Bonchev–Trinajstić information content (AvgIpc) is 3.13. The van der Waals surface area contributed by atoms with Crippen molar-refractivity contribution in [2.75, 3.05) is 5.32 Å². The number of rotatable bonds is 3. The molecule has 0 unspecified atom stereocenters. The molecule has 0 aliphatic rings. The van der Waals surface area contributed by atoms with Gasteiger partial charge in [-0.3, -0.25) is 4.79 Å². The number of carbonyl (C=O) groups excluding carboxylic acids is 1. The van der Waals surface area contributed by atoms with Crippen molar-refractivity contribution in [3.05, 3.63) is 64.5 Å². The molecule has 1 heterocycles. The normalized spacial score (nSPS) is 11.5. The Bertz CT molecular complexity index is 1000. The number of nitrogens with zero attached hydrogens (tertiary/aromatic N) is 2. The Labute approximate surface area is 152 Å². The van der Waals surface area contributed by atoms with E-state index < -0.39 is 34.6 Å². The molecule has 1 N–H and O–H groups in total. The van der Waals surface area contributed by atoms with Crippen LogP contribution in [0.1, 0.15) is 16.2 Å². The predicted molar refractivity (Wildman–Crippen MR) is 84.1 cm³/mol. The van der Waals surface area contributed by atoms with E-state index in [1.54, 1.807) is 0 Å². The first-order valence-corrected chi connectivity index (χ1v) is 7.51. The highest BCUT2D eigenvalue weighted by Gasteiger charge is 2.38. The minimum absolute atomic E-state index is 0.0538.